The first-order valence-corrected chi connectivity index (χ1v) is 6.38. The highest BCUT2D eigenvalue weighted by molar-refractivity contribution is 5.26. The van der Waals surface area contributed by atoms with Crippen LogP contribution in [-0.4, -0.2) is 6.54 Å². The van der Waals surface area contributed by atoms with E-state index in [1.165, 1.54) is 5.56 Å². The molecule has 1 aromatic heterocycles. The van der Waals surface area contributed by atoms with E-state index in [0.717, 1.165) is 12.3 Å². The van der Waals surface area contributed by atoms with Crippen LogP contribution in [0.1, 0.15) is 38.1 Å². The zero-order valence-corrected chi connectivity index (χ0v) is 11.3. The molecule has 2 nitrogen and oxygen atoms in total. The molecule has 0 aliphatic rings. The monoisotopic (exact) mass is 243 g/mol. The van der Waals surface area contributed by atoms with E-state index in [1.807, 2.05) is 18.2 Å². The van der Waals surface area contributed by atoms with Gasteiger partial charge in [0, 0.05) is 6.54 Å². The summed E-state index contributed by atoms with van der Waals surface area (Å²) in [5.41, 5.74) is 1.48. The van der Waals surface area contributed by atoms with Gasteiger partial charge in [-0.25, -0.2) is 0 Å². The molecule has 1 aromatic carbocycles. The van der Waals surface area contributed by atoms with Crippen molar-refractivity contribution in [3.8, 4) is 0 Å². The molecule has 96 valence electrons. The zero-order valence-electron chi connectivity index (χ0n) is 11.3. The average Bonchev–Trinajstić information content (AvgIpc) is 2.83. The molecule has 2 heteroatoms. The highest BCUT2D eigenvalue weighted by Gasteiger charge is 2.19. The fraction of sp³-hybridized carbons (Fsp3) is 0.375. The second-order valence-electron chi connectivity index (χ2n) is 5.80. The number of hydrogen-bond acceptors (Lipinski definition) is 2. The number of rotatable bonds is 4. The van der Waals surface area contributed by atoms with Gasteiger partial charge in [0.1, 0.15) is 5.76 Å². The summed E-state index contributed by atoms with van der Waals surface area (Å²) in [6.45, 7) is 7.62. The molecule has 0 spiro atoms. The van der Waals surface area contributed by atoms with Crippen LogP contribution in [0.15, 0.2) is 53.1 Å². The third-order valence-corrected chi connectivity index (χ3v) is 2.80. The van der Waals surface area contributed by atoms with Crippen LogP contribution in [0.5, 0.6) is 0 Å². The molecule has 18 heavy (non-hydrogen) atoms. The molecular formula is C16H21NO. The van der Waals surface area contributed by atoms with Gasteiger partial charge in [0.05, 0.1) is 12.3 Å². The smallest absolute Gasteiger partial charge is 0.125 e. The van der Waals surface area contributed by atoms with E-state index in [-0.39, 0.29) is 11.5 Å². The van der Waals surface area contributed by atoms with Gasteiger partial charge in [-0.1, -0.05) is 51.1 Å². The molecule has 1 unspecified atom stereocenters. The molecule has 1 atom stereocenters. The second-order valence-corrected chi connectivity index (χ2v) is 5.80. The van der Waals surface area contributed by atoms with Crippen molar-refractivity contribution in [1.29, 1.82) is 0 Å². The third-order valence-electron chi connectivity index (χ3n) is 2.80. The van der Waals surface area contributed by atoms with Crippen LogP contribution in [-0.2, 0) is 0 Å². The van der Waals surface area contributed by atoms with Crippen molar-refractivity contribution in [2.45, 2.75) is 26.8 Å². The summed E-state index contributed by atoms with van der Waals surface area (Å²) in [5, 5.41) is 3.58. The maximum absolute atomic E-state index is 5.55. The number of nitrogens with one attached hydrogen (secondary N) is 1. The molecule has 0 saturated heterocycles. The molecule has 2 rings (SSSR count). The molecule has 2 aromatic rings. The summed E-state index contributed by atoms with van der Waals surface area (Å²) in [5.74, 6) is 0.963. The molecule has 0 fully saturated rings. The largest absolute Gasteiger partial charge is 0.467 e. The van der Waals surface area contributed by atoms with Crippen LogP contribution in [0, 0.1) is 5.41 Å². The SMILES string of the molecule is CC(C)(C)CNC(c1ccccc1)c1ccco1. The zero-order chi connectivity index (χ0) is 13.0. The first-order valence-electron chi connectivity index (χ1n) is 6.38. The van der Waals surface area contributed by atoms with Crippen LogP contribution < -0.4 is 5.32 Å². The van der Waals surface area contributed by atoms with E-state index >= 15 is 0 Å². The Morgan fingerprint density at radius 3 is 2.33 bits per heavy atom. The van der Waals surface area contributed by atoms with Gasteiger partial charge in [-0.2, -0.15) is 0 Å². The molecule has 1 N–H and O–H groups in total. The summed E-state index contributed by atoms with van der Waals surface area (Å²) in [4.78, 5) is 0. The van der Waals surface area contributed by atoms with Crippen molar-refractivity contribution in [2.24, 2.45) is 5.41 Å². The van der Waals surface area contributed by atoms with Crippen molar-refractivity contribution in [3.05, 3.63) is 60.1 Å². The highest BCUT2D eigenvalue weighted by Crippen LogP contribution is 2.23. The molecule has 0 aliphatic heterocycles. The van der Waals surface area contributed by atoms with Crippen LogP contribution in [0.4, 0.5) is 0 Å². The van der Waals surface area contributed by atoms with Gasteiger partial charge in [0.25, 0.3) is 0 Å². The fourth-order valence-corrected chi connectivity index (χ4v) is 1.89. The van der Waals surface area contributed by atoms with Crippen LogP contribution >= 0.6 is 0 Å². The van der Waals surface area contributed by atoms with E-state index in [4.69, 9.17) is 4.42 Å². The van der Waals surface area contributed by atoms with Gasteiger partial charge >= 0.3 is 0 Å². The van der Waals surface area contributed by atoms with Crippen molar-refractivity contribution in [1.82, 2.24) is 5.32 Å². The number of furan rings is 1. The first kappa shape index (κ1) is 12.9. The lowest BCUT2D eigenvalue weighted by molar-refractivity contribution is 0.347. The molecule has 0 bridgehead atoms. The molecule has 1 heterocycles. The lowest BCUT2D eigenvalue weighted by Crippen LogP contribution is -2.31. The van der Waals surface area contributed by atoms with E-state index < -0.39 is 0 Å². The van der Waals surface area contributed by atoms with Crippen LogP contribution in [0.3, 0.4) is 0 Å². The van der Waals surface area contributed by atoms with Crippen molar-refractivity contribution < 1.29 is 4.42 Å². The van der Waals surface area contributed by atoms with Gasteiger partial charge < -0.3 is 9.73 Å². The minimum Gasteiger partial charge on any atom is -0.467 e. The Morgan fingerprint density at radius 1 is 1.06 bits per heavy atom. The van der Waals surface area contributed by atoms with Gasteiger partial charge in [-0.15, -0.1) is 0 Å². The van der Waals surface area contributed by atoms with Gasteiger partial charge in [0.2, 0.25) is 0 Å². The highest BCUT2D eigenvalue weighted by atomic mass is 16.3. The first-order chi connectivity index (χ1) is 8.56. The van der Waals surface area contributed by atoms with Crippen molar-refractivity contribution in [2.75, 3.05) is 6.54 Å². The van der Waals surface area contributed by atoms with E-state index in [2.05, 4.69) is 50.4 Å². The molecule has 0 saturated carbocycles. The molecule has 0 radical (unpaired) electrons. The Balaban J connectivity index is 2.19. The quantitative estimate of drug-likeness (QED) is 0.878. The Labute approximate surface area is 109 Å². The maximum Gasteiger partial charge on any atom is 0.125 e. The normalized spacial score (nSPS) is 13.5. The summed E-state index contributed by atoms with van der Waals surface area (Å²) >= 11 is 0. The minimum absolute atomic E-state index is 0.125. The number of benzene rings is 1. The summed E-state index contributed by atoms with van der Waals surface area (Å²) in [6, 6.07) is 14.5. The van der Waals surface area contributed by atoms with E-state index in [1.54, 1.807) is 6.26 Å². The van der Waals surface area contributed by atoms with Crippen molar-refractivity contribution >= 4 is 0 Å². The topological polar surface area (TPSA) is 25.2 Å². The van der Waals surface area contributed by atoms with E-state index in [9.17, 15) is 0 Å². The van der Waals surface area contributed by atoms with Gasteiger partial charge in [-0.3, -0.25) is 0 Å². The second kappa shape index (κ2) is 5.40. The lowest BCUT2D eigenvalue weighted by atomic mass is 9.95. The Morgan fingerprint density at radius 2 is 1.78 bits per heavy atom. The summed E-state index contributed by atoms with van der Waals surface area (Å²) in [7, 11) is 0. The summed E-state index contributed by atoms with van der Waals surface area (Å²) < 4.78 is 5.55. The minimum atomic E-state index is 0.125. The lowest BCUT2D eigenvalue weighted by Gasteiger charge is -2.24. The van der Waals surface area contributed by atoms with Crippen LogP contribution in [0.2, 0.25) is 0 Å². The van der Waals surface area contributed by atoms with E-state index in [0.29, 0.717) is 0 Å². The Bertz CT molecular complexity index is 454. The molecular weight excluding hydrogens is 222 g/mol. The predicted octanol–water partition coefficient (Wildman–Crippen LogP) is 4.00. The average molecular weight is 243 g/mol. The number of hydrogen-bond donors (Lipinski definition) is 1. The fourth-order valence-electron chi connectivity index (χ4n) is 1.89. The van der Waals surface area contributed by atoms with Gasteiger partial charge in [0.15, 0.2) is 0 Å². The Hall–Kier alpha value is -1.54. The van der Waals surface area contributed by atoms with Crippen LogP contribution in [0.25, 0.3) is 0 Å². The van der Waals surface area contributed by atoms with Gasteiger partial charge in [-0.05, 0) is 23.1 Å². The van der Waals surface area contributed by atoms with Crippen molar-refractivity contribution in [3.63, 3.8) is 0 Å². The molecule has 0 aliphatic carbocycles. The summed E-state index contributed by atoms with van der Waals surface area (Å²) in [6.07, 6.45) is 1.73. The Kier molecular flexibility index (Phi) is 3.87. The predicted molar refractivity (Wildman–Crippen MR) is 74.5 cm³/mol. The third kappa shape index (κ3) is 3.47. The maximum atomic E-state index is 5.55. The molecule has 0 amide bonds. The standard InChI is InChI=1S/C16H21NO/c1-16(2,3)12-17-15(14-10-7-11-18-14)13-8-5-4-6-9-13/h4-11,15,17H,12H2,1-3H3.